The molecular weight excluding hydrogens is 250 g/mol. The first-order chi connectivity index (χ1) is 9.25. The minimum Gasteiger partial charge on any atom is -0.439 e. The molecule has 0 saturated heterocycles. The molecule has 0 spiro atoms. The van der Waals surface area contributed by atoms with Crippen LogP contribution in [0.25, 0.3) is 0 Å². The highest BCUT2D eigenvalue weighted by Crippen LogP contribution is 2.26. The van der Waals surface area contributed by atoms with Gasteiger partial charge >= 0.3 is 0 Å². The van der Waals surface area contributed by atoms with Gasteiger partial charge in [0.15, 0.2) is 0 Å². The summed E-state index contributed by atoms with van der Waals surface area (Å²) in [7, 11) is 0. The number of ether oxygens (including phenoxy) is 1. The Hall–Kier alpha value is -2.10. The van der Waals surface area contributed by atoms with Gasteiger partial charge in [-0.1, -0.05) is 26.8 Å². The number of nitrogen functional groups attached to an aromatic ring is 1. The third-order valence-corrected chi connectivity index (χ3v) is 3.09. The summed E-state index contributed by atoms with van der Waals surface area (Å²) in [6, 6.07) is 7.59. The van der Waals surface area contributed by atoms with E-state index in [4.69, 9.17) is 10.5 Å². The van der Waals surface area contributed by atoms with Crippen LogP contribution < -0.4 is 10.5 Å². The zero-order valence-electron chi connectivity index (χ0n) is 12.7. The van der Waals surface area contributed by atoms with Crippen molar-refractivity contribution in [3.63, 3.8) is 0 Å². The van der Waals surface area contributed by atoms with E-state index in [1.807, 2.05) is 39.0 Å². The van der Waals surface area contributed by atoms with E-state index in [-0.39, 0.29) is 5.41 Å². The molecule has 2 aromatic rings. The molecule has 0 bridgehead atoms. The predicted octanol–water partition coefficient (Wildman–Crippen LogP) is 3.77. The number of aryl methyl sites for hydroxylation is 2. The standard InChI is InChI=1S/C16H21N3O/c1-10-6-7-12(8-11(10)2)20-14-9-13(17)18-15(19-14)16(3,4)5/h6-9H,1-5H3,(H2,17,18,19). The fraction of sp³-hybridized carbons (Fsp3) is 0.375. The van der Waals surface area contributed by atoms with Crippen molar-refractivity contribution in [3.05, 3.63) is 41.2 Å². The van der Waals surface area contributed by atoms with Gasteiger partial charge in [-0.15, -0.1) is 0 Å². The Kier molecular flexibility index (Phi) is 3.66. The summed E-state index contributed by atoms with van der Waals surface area (Å²) in [5.41, 5.74) is 8.08. The quantitative estimate of drug-likeness (QED) is 0.903. The van der Waals surface area contributed by atoms with Crippen LogP contribution in [0.4, 0.5) is 5.82 Å². The first-order valence-electron chi connectivity index (χ1n) is 6.66. The van der Waals surface area contributed by atoms with Gasteiger partial charge in [0.1, 0.15) is 17.4 Å². The number of nitrogens with two attached hydrogens (primary N) is 1. The Labute approximate surface area is 120 Å². The maximum Gasteiger partial charge on any atom is 0.224 e. The van der Waals surface area contributed by atoms with Crippen LogP contribution in [0.5, 0.6) is 11.6 Å². The van der Waals surface area contributed by atoms with E-state index in [1.165, 1.54) is 11.1 Å². The molecule has 0 fully saturated rings. The van der Waals surface area contributed by atoms with Crippen LogP contribution in [0, 0.1) is 13.8 Å². The Morgan fingerprint density at radius 1 is 1.00 bits per heavy atom. The largest absolute Gasteiger partial charge is 0.439 e. The summed E-state index contributed by atoms with van der Waals surface area (Å²) in [5, 5.41) is 0. The number of rotatable bonds is 2. The van der Waals surface area contributed by atoms with Gasteiger partial charge in [0.2, 0.25) is 5.88 Å². The van der Waals surface area contributed by atoms with Gasteiger partial charge in [0.25, 0.3) is 0 Å². The van der Waals surface area contributed by atoms with Crippen molar-refractivity contribution < 1.29 is 4.74 Å². The summed E-state index contributed by atoms with van der Waals surface area (Å²) in [4.78, 5) is 8.70. The van der Waals surface area contributed by atoms with Crippen molar-refractivity contribution >= 4 is 5.82 Å². The van der Waals surface area contributed by atoms with Crippen LogP contribution in [-0.4, -0.2) is 9.97 Å². The van der Waals surface area contributed by atoms with Crippen molar-refractivity contribution in [1.29, 1.82) is 0 Å². The SMILES string of the molecule is Cc1ccc(Oc2cc(N)nc(C(C)(C)C)n2)cc1C. The molecule has 4 nitrogen and oxygen atoms in total. The molecule has 106 valence electrons. The highest BCUT2D eigenvalue weighted by atomic mass is 16.5. The van der Waals surface area contributed by atoms with Gasteiger partial charge in [-0.05, 0) is 37.1 Å². The highest BCUT2D eigenvalue weighted by Gasteiger charge is 2.19. The number of benzene rings is 1. The molecule has 0 saturated carbocycles. The second-order valence-corrected chi connectivity index (χ2v) is 6.05. The van der Waals surface area contributed by atoms with Crippen molar-refractivity contribution in [3.8, 4) is 11.6 Å². The van der Waals surface area contributed by atoms with Crippen LogP contribution in [0.3, 0.4) is 0 Å². The molecular formula is C16H21N3O. The molecule has 2 rings (SSSR count). The second-order valence-electron chi connectivity index (χ2n) is 6.05. The Morgan fingerprint density at radius 3 is 2.30 bits per heavy atom. The van der Waals surface area contributed by atoms with Gasteiger partial charge in [0.05, 0.1) is 0 Å². The maximum atomic E-state index is 5.83. The van der Waals surface area contributed by atoms with Crippen molar-refractivity contribution in [2.75, 3.05) is 5.73 Å². The van der Waals surface area contributed by atoms with E-state index >= 15 is 0 Å². The smallest absolute Gasteiger partial charge is 0.224 e. The molecule has 0 atom stereocenters. The lowest BCUT2D eigenvalue weighted by Crippen LogP contribution is -2.17. The summed E-state index contributed by atoms with van der Waals surface area (Å²) >= 11 is 0. The highest BCUT2D eigenvalue weighted by molar-refractivity contribution is 5.39. The fourth-order valence-corrected chi connectivity index (χ4v) is 1.73. The molecule has 0 aliphatic carbocycles. The van der Waals surface area contributed by atoms with Crippen LogP contribution in [-0.2, 0) is 5.41 Å². The summed E-state index contributed by atoms with van der Waals surface area (Å²) in [6.07, 6.45) is 0. The summed E-state index contributed by atoms with van der Waals surface area (Å²) < 4.78 is 5.80. The minimum absolute atomic E-state index is 0.170. The van der Waals surface area contributed by atoms with Crippen molar-refractivity contribution in [2.24, 2.45) is 0 Å². The Balaban J connectivity index is 2.33. The second kappa shape index (κ2) is 5.12. The van der Waals surface area contributed by atoms with E-state index in [9.17, 15) is 0 Å². The van der Waals surface area contributed by atoms with Crippen LogP contribution in [0.1, 0.15) is 37.7 Å². The number of anilines is 1. The molecule has 0 aliphatic rings. The molecule has 0 aliphatic heterocycles. The number of aromatic nitrogens is 2. The average molecular weight is 271 g/mol. The number of hydrogen-bond donors (Lipinski definition) is 1. The van der Waals surface area contributed by atoms with Gasteiger partial charge in [-0.2, -0.15) is 4.98 Å². The zero-order chi connectivity index (χ0) is 14.9. The molecule has 4 heteroatoms. The molecule has 0 radical (unpaired) electrons. The molecule has 2 N–H and O–H groups in total. The number of nitrogens with zero attached hydrogens (tertiary/aromatic N) is 2. The van der Waals surface area contributed by atoms with E-state index in [0.717, 1.165) is 5.75 Å². The van der Waals surface area contributed by atoms with Crippen LogP contribution in [0.15, 0.2) is 24.3 Å². The summed E-state index contributed by atoms with van der Waals surface area (Å²) in [6.45, 7) is 10.3. The zero-order valence-corrected chi connectivity index (χ0v) is 12.7. The molecule has 20 heavy (non-hydrogen) atoms. The molecule has 0 unspecified atom stereocenters. The fourth-order valence-electron chi connectivity index (χ4n) is 1.73. The molecule has 1 heterocycles. The van der Waals surface area contributed by atoms with Gasteiger partial charge in [0, 0.05) is 11.5 Å². The molecule has 0 amide bonds. The Morgan fingerprint density at radius 2 is 1.70 bits per heavy atom. The average Bonchev–Trinajstić information content (AvgIpc) is 2.32. The van der Waals surface area contributed by atoms with E-state index < -0.39 is 0 Å². The maximum absolute atomic E-state index is 5.83. The van der Waals surface area contributed by atoms with Gasteiger partial charge in [-0.3, -0.25) is 0 Å². The minimum atomic E-state index is -0.170. The number of hydrogen-bond acceptors (Lipinski definition) is 4. The van der Waals surface area contributed by atoms with Crippen LogP contribution in [0.2, 0.25) is 0 Å². The van der Waals surface area contributed by atoms with Gasteiger partial charge < -0.3 is 10.5 Å². The van der Waals surface area contributed by atoms with Crippen molar-refractivity contribution in [1.82, 2.24) is 9.97 Å². The third kappa shape index (κ3) is 3.26. The Bertz CT molecular complexity index is 630. The predicted molar refractivity (Wildman–Crippen MR) is 81.1 cm³/mol. The lowest BCUT2D eigenvalue weighted by atomic mass is 9.96. The van der Waals surface area contributed by atoms with Crippen LogP contribution >= 0.6 is 0 Å². The van der Waals surface area contributed by atoms with Gasteiger partial charge in [-0.25, -0.2) is 4.98 Å². The monoisotopic (exact) mass is 271 g/mol. The lowest BCUT2D eigenvalue weighted by molar-refractivity contribution is 0.446. The first-order valence-corrected chi connectivity index (χ1v) is 6.66. The topological polar surface area (TPSA) is 61.0 Å². The van der Waals surface area contributed by atoms with E-state index in [2.05, 4.69) is 23.8 Å². The lowest BCUT2D eigenvalue weighted by Gasteiger charge is -2.17. The van der Waals surface area contributed by atoms with E-state index in [1.54, 1.807) is 6.07 Å². The molecule has 1 aromatic heterocycles. The third-order valence-electron chi connectivity index (χ3n) is 3.09. The normalized spacial score (nSPS) is 11.4. The summed E-state index contributed by atoms with van der Waals surface area (Å²) in [5.74, 6) is 2.33. The van der Waals surface area contributed by atoms with Crippen molar-refractivity contribution in [2.45, 2.75) is 40.0 Å². The molecule has 1 aromatic carbocycles. The van der Waals surface area contributed by atoms with E-state index in [0.29, 0.717) is 17.5 Å². The first kappa shape index (κ1) is 14.3.